The van der Waals surface area contributed by atoms with Crippen molar-refractivity contribution in [3.63, 3.8) is 0 Å². The number of carbonyl (C=O) groups excluding carboxylic acids is 1. The second kappa shape index (κ2) is 11.1. The summed E-state index contributed by atoms with van der Waals surface area (Å²) in [5.41, 5.74) is 5.16. The fourth-order valence-electron chi connectivity index (χ4n) is 5.42. The molecular formula is C32H39N3O3. The lowest BCUT2D eigenvalue weighted by Gasteiger charge is -2.32. The molecule has 1 amide bonds. The number of hydrogen-bond acceptors (Lipinski definition) is 5. The largest absolute Gasteiger partial charge is 0.487 e. The van der Waals surface area contributed by atoms with Gasteiger partial charge in [0.15, 0.2) is 0 Å². The molecule has 200 valence electrons. The van der Waals surface area contributed by atoms with Crippen LogP contribution in [0.25, 0.3) is 0 Å². The summed E-state index contributed by atoms with van der Waals surface area (Å²) in [6.45, 7) is 9.27. The van der Waals surface area contributed by atoms with E-state index in [-0.39, 0.29) is 6.09 Å². The lowest BCUT2D eigenvalue weighted by molar-refractivity contribution is 0.0589. The van der Waals surface area contributed by atoms with Crippen molar-refractivity contribution in [3.8, 4) is 5.75 Å². The van der Waals surface area contributed by atoms with Crippen molar-refractivity contribution >= 4 is 23.2 Å². The van der Waals surface area contributed by atoms with Crippen molar-refractivity contribution in [2.45, 2.75) is 58.3 Å². The minimum Gasteiger partial charge on any atom is -0.487 e. The van der Waals surface area contributed by atoms with Gasteiger partial charge in [-0.25, -0.2) is 4.79 Å². The van der Waals surface area contributed by atoms with E-state index in [9.17, 15) is 4.79 Å². The summed E-state index contributed by atoms with van der Waals surface area (Å²) in [7, 11) is 1.77. The second-order valence-corrected chi connectivity index (χ2v) is 11.3. The average molecular weight is 514 g/mol. The van der Waals surface area contributed by atoms with Gasteiger partial charge in [-0.3, -0.25) is 9.80 Å². The van der Waals surface area contributed by atoms with E-state index in [4.69, 9.17) is 9.47 Å². The summed E-state index contributed by atoms with van der Waals surface area (Å²) in [6, 6.07) is 25.7. The fraction of sp³-hybridized carbons (Fsp3) is 0.406. The molecule has 3 aromatic carbocycles. The molecule has 0 N–H and O–H groups in total. The Kier molecular flexibility index (Phi) is 7.61. The highest BCUT2D eigenvalue weighted by Gasteiger charge is 2.30. The first-order chi connectivity index (χ1) is 18.3. The molecule has 2 heterocycles. The van der Waals surface area contributed by atoms with Crippen LogP contribution in [0.5, 0.6) is 5.75 Å². The Morgan fingerprint density at radius 2 is 1.79 bits per heavy atom. The number of nitrogens with zero attached hydrogens (tertiary/aromatic N) is 3. The van der Waals surface area contributed by atoms with E-state index < -0.39 is 5.60 Å². The van der Waals surface area contributed by atoms with Gasteiger partial charge >= 0.3 is 6.09 Å². The first-order valence-corrected chi connectivity index (χ1v) is 13.7. The molecular weight excluding hydrogens is 474 g/mol. The molecule has 0 saturated carbocycles. The Labute approximate surface area is 226 Å². The number of para-hydroxylation sites is 3. The third-order valence-electron chi connectivity index (χ3n) is 7.37. The van der Waals surface area contributed by atoms with Gasteiger partial charge in [-0.2, -0.15) is 0 Å². The number of likely N-dealkylation sites (tertiary alicyclic amines) is 1. The molecule has 6 heteroatoms. The smallest absolute Gasteiger partial charge is 0.414 e. The molecule has 0 unspecified atom stereocenters. The standard InChI is InChI=1S/C32H39N3O3/c1-32(2,3)38-31(36)33(4)26-13-9-11-24(21-26)18-20-34-19-10-14-27(34)22-35-28-15-6-5-12-25(28)23-37-30-17-8-7-16-29(30)35/h5-9,11-13,15-17,21,27H,10,14,18-20,22-23H2,1-4H3/t27-/m1/s1. The predicted molar refractivity (Wildman–Crippen MR) is 154 cm³/mol. The summed E-state index contributed by atoms with van der Waals surface area (Å²) in [6.07, 6.45) is 2.99. The van der Waals surface area contributed by atoms with Crippen molar-refractivity contribution in [2.24, 2.45) is 0 Å². The quantitative estimate of drug-likeness (QED) is 0.363. The molecule has 2 aliphatic rings. The molecule has 5 rings (SSSR count). The highest BCUT2D eigenvalue weighted by Crippen LogP contribution is 2.40. The second-order valence-electron chi connectivity index (χ2n) is 11.3. The predicted octanol–water partition coefficient (Wildman–Crippen LogP) is 6.80. The van der Waals surface area contributed by atoms with Gasteiger partial charge in [0.1, 0.15) is 18.0 Å². The van der Waals surface area contributed by atoms with E-state index >= 15 is 0 Å². The number of ether oxygens (including phenoxy) is 2. The zero-order chi connectivity index (χ0) is 26.7. The molecule has 1 saturated heterocycles. The van der Waals surface area contributed by atoms with Gasteiger partial charge < -0.3 is 14.4 Å². The Morgan fingerprint density at radius 1 is 1.03 bits per heavy atom. The number of amides is 1. The summed E-state index contributed by atoms with van der Waals surface area (Å²) in [5.74, 6) is 0.944. The Hall–Kier alpha value is -3.51. The zero-order valence-electron chi connectivity index (χ0n) is 23.0. The van der Waals surface area contributed by atoms with Crippen LogP contribution in [0.1, 0.15) is 44.7 Å². The number of benzene rings is 3. The van der Waals surface area contributed by atoms with Gasteiger partial charge in [0.05, 0.1) is 5.69 Å². The van der Waals surface area contributed by atoms with E-state index in [0.717, 1.165) is 43.2 Å². The minimum atomic E-state index is -0.520. The maximum Gasteiger partial charge on any atom is 0.414 e. The van der Waals surface area contributed by atoms with Crippen LogP contribution in [-0.2, 0) is 17.8 Å². The molecule has 0 bridgehead atoms. The van der Waals surface area contributed by atoms with Gasteiger partial charge in [-0.1, -0.05) is 42.5 Å². The monoisotopic (exact) mass is 513 g/mol. The number of fused-ring (bicyclic) bond motifs is 2. The van der Waals surface area contributed by atoms with Crippen LogP contribution in [-0.4, -0.2) is 49.3 Å². The molecule has 0 spiro atoms. The van der Waals surface area contributed by atoms with Crippen LogP contribution in [0.2, 0.25) is 0 Å². The van der Waals surface area contributed by atoms with E-state index in [1.165, 1.54) is 29.7 Å². The normalized spacial score (nSPS) is 17.3. The molecule has 0 aliphatic carbocycles. The van der Waals surface area contributed by atoms with Crippen LogP contribution in [0.3, 0.4) is 0 Å². The Bertz CT molecular complexity index is 1220. The molecule has 2 aliphatic heterocycles. The van der Waals surface area contributed by atoms with Crippen molar-refractivity contribution in [2.75, 3.05) is 36.5 Å². The Morgan fingerprint density at radius 3 is 2.61 bits per heavy atom. The van der Waals surface area contributed by atoms with Crippen LogP contribution in [0.4, 0.5) is 21.9 Å². The number of carbonyl (C=O) groups is 1. The van der Waals surface area contributed by atoms with Crippen LogP contribution >= 0.6 is 0 Å². The SMILES string of the molecule is CN(C(=O)OC(C)(C)C)c1cccc(CCN2CCC[C@@H]2CN2c3ccccc3COc3ccccc32)c1. The van der Waals surface area contributed by atoms with E-state index in [1.54, 1.807) is 11.9 Å². The number of rotatable bonds is 6. The van der Waals surface area contributed by atoms with Gasteiger partial charge in [0.25, 0.3) is 0 Å². The third kappa shape index (κ3) is 5.97. The fourth-order valence-corrected chi connectivity index (χ4v) is 5.42. The first kappa shape index (κ1) is 26.1. The third-order valence-corrected chi connectivity index (χ3v) is 7.37. The maximum atomic E-state index is 12.6. The molecule has 38 heavy (non-hydrogen) atoms. The number of hydrogen-bond donors (Lipinski definition) is 0. The summed E-state index contributed by atoms with van der Waals surface area (Å²) >= 11 is 0. The van der Waals surface area contributed by atoms with E-state index in [1.807, 2.05) is 39.0 Å². The van der Waals surface area contributed by atoms with Gasteiger partial charge in [-0.05, 0) is 82.5 Å². The van der Waals surface area contributed by atoms with E-state index in [0.29, 0.717) is 12.6 Å². The lowest BCUT2D eigenvalue weighted by Crippen LogP contribution is -2.39. The van der Waals surface area contributed by atoms with Crippen LogP contribution < -0.4 is 14.5 Å². The van der Waals surface area contributed by atoms with Gasteiger partial charge in [0, 0.05) is 43.1 Å². The summed E-state index contributed by atoms with van der Waals surface area (Å²) in [5, 5.41) is 0. The Balaban J connectivity index is 1.28. The maximum absolute atomic E-state index is 12.6. The number of anilines is 3. The lowest BCUT2D eigenvalue weighted by atomic mass is 10.1. The zero-order valence-corrected chi connectivity index (χ0v) is 23.0. The topological polar surface area (TPSA) is 45.2 Å². The molecule has 3 aromatic rings. The first-order valence-electron chi connectivity index (χ1n) is 13.7. The highest BCUT2D eigenvalue weighted by molar-refractivity contribution is 5.87. The summed E-state index contributed by atoms with van der Waals surface area (Å²) < 4.78 is 11.7. The molecule has 6 nitrogen and oxygen atoms in total. The average Bonchev–Trinajstić information content (AvgIpc) is 3.29. The van der Waals surface area contributed by atoms with Crippen molar-refractivity contribution < 1.29 is 14.3 Å². The highest BCUT2D eigenvalue weighted by atomic mass is 16.6. The summed E-state index contributed by atoms with van der Waals surface area (Å²) in [4.78, 5) is 19.2. The molecule has 1 fully saturated rings. The van der Waals surface area contributed by atoms with Crippen LogP contribution in [0, 0.1) is 0 Å². The minimum absolute atomic E-state index is 0.337. The van der Waals surface area contributed by atoms with Crippen molar-refractivity contribution in [3.05, 3.63) is 83.9 Å². The van der Waals surface area contributed by atoms with E-state index in [2.05, 4.69) is 64.4 Å². The van der Waals surface area contributed by atoms with Crippen molar-refractivity contribution in [1.29, 1.82) is 0 Å². The van der Waals surface area contributed by atoms with Gasteiger partial charge in [-0.15, -0.1) is 0 Å². The molecule has 0 radical (unpaired) electrons. The molecule has 1 atom stereocenters. The van der Waals surface area contributed by atoms with Gasteiger partial charge in [0.2, 0.25) is 0 Å². The van der Waals surface area contributed by atoms with Crippen molar-refractivity contribution in [1.82, 2.24) is 4.90 Å². The van der Waals surface area contributed by atoms with Crippen LogP contribution in [0.15, 0.2) is 72.8 Å². The molecule has 0 aromatic heterocycles.